The van der Waals surface area contributed by atoms with Crippen LogP contribution >= 0.6 is 0 Å². The van der Waals surface area contributed by atoms with Crippen LogP contribution < -0.4 is 15.6 Å². The second kappa shape index (κ2) is 7.86. The number of methoxy groups -OCH3 is 1. The second-order valence-corrected chi connectivity index (χ2v) is 7.36. The number of aliphatic hydroxyl groups is 1. The first-order valence-corrected chi connectivity index (χ1v) is 9.05. The Kier molecular flexibility index (Phi) is 5.51. The number of amides is 1. The molecule has 1 amide bonds. The van der Waals surface area contributed by atoms with Crippen molar-refractivity contribution in [3.8, 4) is 5.75 Å². The largest absolute Gasteiger partial charge is 0.496 e. The molecule has 1 aromatic heterocycles. The van der Waals surface area contributed by atoms with Crippen LogP contribution in [0, 0.1) is 0 Å². The minimum atomic E-state index is -1.00. The molecular formula is C22H24N2O4. The highest BCUT2D eigenvalue weighted by Gasteiger charge is 2.16. The number of para-hydroxylation sites is 1. The number of fused-ring (bicyclic) bond motifs is 1. The molecule has 0 aliphatic heterocycles. The fourth-order valence-electron chi connectivity index (χ4n) is 3.18. The number of anilines is 1. The molecule has 0 unspecified atom stereocenters. The molecule has 0 bridgehead atoms. The Balaban J connectivity index is 1.88. The van der Waals surface area contributed by atoms with Crippen LogP contribution in [-0.4, -0.2) is 28.3 Å². The highest BCUT2D eigenvalue weighted by atomic mass is 16.5. The van der Waals surface area contributed by atoms with E-state index in [9.17, 15) is 14.7 Å². The van der Waals surface area contributed by atoms with E-state index in [0.717, 1.165) is 5.56 Å². The van der Waals surface area contributed by atoms with E-state index in [1.165, 1.54) is 4.57 Å². The monoisotopic (exact) mass is 380 g/mol. The lowest BCUT2D eigenvalue weighted by Gasteiger charge is -2.19. The number of rotatable bonds is 6. The van der Waals surface area contributed by atoms with Gasteiger partial charge in [-0.05, 0) is 38.1 Å². The maximum atomic E-state index is 12.7. The topological polar surface area (TPSA) is 80.6 Å². The number of carbonyl (C=O) groups excluding carboxylic acids is 1. The first kappa shape index (κ1) is 19.6. The average molecular weight is 380 g/mol. The molecule has 0 radical (unpaired) electrons. The van der Waals surface area contributed by atoms with E-state index in [1.54, 1.807) is 51.4 Å². The van der Waals surface area contributed by atoms with Crippen molar-refractivity contribution in [2.75, 3.05) is 12.4 Å². The molecule has 0 fully saturated rings. The Bertz CT molecular complexity index is 1060. The van der Waals surface area contributed by atoms with Crippen LogP contribution in [0.2, 0.25) is 0 Å². The fraction of sp³-hybridized carbons (Fsp3) is 0.273. The number of nitrogens with one attached hydrogen (secondary N) is 1. The van der Waals surface area contributed by atoms with Crippen LogP contribution in [0.3, 0.4) is 0 Å². The van der Waals surface area contributed by atoms with Gasteiger partial charge in [-0.25, -0.2) is 0 Å². The number of pyridine rings is 1. The van der Waals surface area contributed by atoms with Crippen molar-refractivity contribution in [2.24, 2.45) is 0 Å². The van der Waals surface area contributed by atoms with Gasteiger partial charge in [0.15, 0.2) is 0 Å². The maximum absolute atomic E-state index is 12.7. The first-order valence-electron chi connectivity index (χ1n) is 9.05. The minimum absolute atomic E-state index is 0.163. The SMILES string of the molecule is COc1ccccc1CC(=O)Nc1cccc2c(=O)n(CC(C)(C)O)ccc12. The molecule has 1 heterocycles. The lowest BCUT2D eigenvalue weighted by atomic mass is 10.1. The van der Waals surface area contributed by atoms with Gasteiger partial charge in [0.2, 0.25) is 5.91 Å². The molecular weight excluding hydrogens is 356 g/mol. The first-order chi connectivity index (χ1) is 13.3. The number of carbonyl (C=O) groups is 1. The summed E-state index contributed by atoms with van der Waals surface area (Å²) in [7, 11) is 1.57. The van der Waals surface area contributed by atoms with Gasteiger partial charge in [-0.15, -0.1) is 0 Å². The Hall–Kier alpha value is -3.12. The zero-order valence-corrected chi connectivity index (χ0v) is 16.2. The third-order valence-corrected chi connectivity index (χ3v) is 4.39. The standard InChI is InChI=1S/C22H24N2O4/c1-22(2,27)14-24-12-11-16-17(21(24)26)8-6-9-18(16)23-20(25)13-15-7-4-5-10-19(15)28-3/h4-12,27H,13-14H2,1-3H3,(H,23,25). The normalized spacial score (nSPS) is 11.4. The summed E-state index contributed by atoms with van der Waals surface area (Å²) in [5.41, 5.74) is 0.151. The Morgan fingerprint density at radius 1 is 1.11 bits per heavy atom. The highest BCUT2D eigenvalue weighted by Crippen LogP contribution is 2.23. The molecule has 0 spiro atoms. The van der Waals surface area contributed by atoms with Gasteiger partial charge < -0.3 is 19.7 Å². The Morgan fingerprint density at radius 2 is 1.86 bits per heavy atom. The molecule has 146 valence electrons. The van der Waals surface area contributed by atoms with E-state index in [1.807, 2.05) is 24.3 Å². The Labute approximate surface area is 163 Å². The van der Waals surface area contributed by atoms with E-state index < -0.39 is 5.60 Å². The number of aromatic nitrogens is 1. The van der Waals surface area contributed by atoms with E-state index in [0.29, 0.717) is 22.2 Å². The van der Waals surface area contributed by atoms with Gasteiger partial charge in [0.25, 0.3) is 5.56 Å². The predicted octanol–water partition coefficient (Wildman–Crippen LogP) is 2.96. The van der Waals surface area contributed by atoms with Crippen LogP contribution in [0.4, 0.5) is 5.69 Å². The highest BCUT2D eigenvalue weighted by molar-refractivity contribution is 6.02. The molecule has 3 aromatic rings. The number of hydrogen-bond acceptors (Lipinski definition) is 4. The summed E-state index contributed by atoms with van der Waals surface area (Å²) in [4.78, 5) is 25.3. The zero-order chi connectivity index (χ0) is 20.3. The van der Waals surface area contributed by atoms with Gasteiger partial charge in [-0.3, -0.25) is 9.59 Å². The maximum Gasteiger partial charge on any atom is 0.258 e. The summed E-state index contributed by atoms with van der Waals surface area (Å²) in [5, 5.41) is 14.0. The van der Waals surface area contributed by atoms with Crippen molar-refractivity contribution >= 4 is 22.4 Å². The molecule has 6 nitrogen and oxygen atoms in total. The van der Waals surface area contributed by atoms with E-state index in [4.69, 9.17) is 4.74 Å². The summed E-state index contributed by atoms with van der Waals surface area (Å²) >= 11 is 0. The van der Waals surface area contributed by atoms with Crippen LogP contribution in [0.5, 0.6) is 5.75 Å². The third-order valence-electron chi connectivity index (χ3n) is 4.39. The predicted molar refractivity (Wildman–Crippen MR) is 110 cm³/mol. The number of benzene rings is 2. The lowest BCUT2D eigenvalue weighted by molar-refractivity contribution is -0.115. The van der Waals surface area contributed by atoms with Gasteiger partial charge in [0, 0.05) is 28.2 Å². The second-order valence-electron chi connectivity index (χ2n) is 7.36. The summed E-state index contributed by atoms with van der Waals surface area (Å²) < 4.78 is 6.77. The van der Waals surface area contributed by atoms with Crippen LogP contribution in [0.15, 0.2) is 59.5 Å². The van der Waals surface area contributed by atoms with Crippen molar-refractivity contribution in [3.63, 3.8) is 0 Å². The Morgan fingerprint density at radius 3 is 2.57 bits per heavy atom. The van der Waals surface area contributed by atoms with E-state index >= 15 is 0 Å². The van der Waals surface area contributed by atoms with Crippen LogP contribution in [0.25, 0.3) is 10.8 Å². The fourth-order valence-corrected chi connectivity index (χ4v) is 3.18. The van der Waals surface area contributed by atoms with Crippen LogP contribution in [-0.2, 0) is 17.8 Å². The number of hydrogen-bond donors (Lipinski definition) is 2. The number of ether oxygens (including phenoxy) is 1. The molecule has 0 saturated heterocycles. The smallest absolute Gasteiger partial charge is 0.258 e. The van der Waals surface area contributed by atoms with Gasteiger partial charge in [0.05, 0.1) is 25.7 Å². The quantitative estimate of drug-likeness (QED) is 0.689. The van der Waals surface area contributed by atoms with Crippen molar-refractivity contribution < 1.29 is 14.6 Å². The van der Waals surface area contributed by atoms with E-state index in [-0.39, 0.29) is 24.4 Å². The molecule has 0 atom stereocenters. The molecule has 0 saturated carbocycles. The van der Waals surface area contributed by atoms with Gasteiger partial charge in [-0.1, -0.05) is 24.3 Å². The molecule has 28 heavy (non-hydrogen) atoms. The molecule has 6 heteroatoms. The van der Waals surface area contributed by atoms with Crippen molar-refractivity contribution in [1.29, 1.82) is 0 Å². The summed E-state index contributed by atoms with van der Waals surface area (Å²) in [6.45, 7) is 3.49. The molecule has 0 aliphatic rings. The van der Waals surface area contributed by atoms with Crippen LogP contribution in [0.1, 0.15) is 19.4 Å². The minimum Gasteiger partial charge on any atom is -0.496 e. The third kappa shape index (κ3) is 4.40. The van der Waals surface area contributed by atoms with E-state index in [2.05, 4.69) is 5.32 Å². The van der Waals surface area contributed by atoms with Crippen molar-refractivity contribution in [3.05, 3.63) is 70.6 Å². The van der Waals surface area contributed by atoms with Gasteiger partial charge >= 0.3 is 0 Å². The summed E-state index contributed by atoms with van der Waals surface area (Å²) in [6.07, 6.45) is 1.80. The average Bonchev–Trinajstić information content (AvgIpc) is 2.64. The lowest BCUT2D eigenvalue weighted by Crippen LogP contribution is -2.32. The number of nitrogens with zero attached hydrogens (tertiary/aromatic N) is 1. The molecule has 2 aromatic carbocycles. The van der Waals surface area contributed by atoms with Gasteiger partial charge in [0.1, 0.15) is 5.75 Å². The zero-order valence-electron chi connectivity index (χ0n) is 16.2. The summed E-state index contributed by atoms with van der Waals surface area (Å²) in [5.74, 6) is 0.461. The van der Waals surface area contributed by atoms with Gasteiger partial charge in [-0.2, -0.15) is 0 Å². The molecule has 3 rings (SSSR count). The van der Waals surface area contributed by atoms with Crippen molar-refractivity contribution in [2.45, 2.75) is 32.4 Å². The molecule has 0 aliphatic carbocycles. The van der Waals surface area contributed by atoms with Crippen molar-refractivity contribution in [1.82, 2.24) is 4.57 Å². The summed E-state index contributed by atoms with van der Waals surface area (Å²) in [6, 6.07) is 14.4. The molecule has 2 N–H and O–H groups in total.